The maximum atomic E-state index is 10.1. The molecule has 1 aromatic rings. The van der Waals surface area contributed by atoms with E-state index in [1.54, 1.807) is 26.2 Å². The number of nitrogens with one attached hydrogen (secondary N) is 2. The molecule has 1 aromatic heterocycles. The summed E-state index contributed by atoms with van der Waals surface area (Å²) in [7, 11) is 0. The third-order valence-electron chi connectivity index (χ3n) is 3.11. The summed E-state index contributed by atoms with van der Waals surface area (Å²) in [6.07, 6.45) is 3.54. The molecule has 4 heteroatoms. The van der Waals surface area contributed by atoms with Gasteiger partial charge in [0.05, 0.1) is 34.9 Å². The Bertz CT molecular complexity index is 369. The Kier molecular flexibility index (Phi) is 3.98. The highest BCUT2D eigenvalue weighted by Gasteiger charge is 2.34. The first-order valence-corrected chi connectivity index (χ1v) is 5.96. The van der Waals surface area contributed by atoms with Crippen molar-refractivity contribution in [2.45, 2.75) is 45.8 Å². The van der Waals surface area contributed by atoms with Gasteiger partial charge in [-0.3, -0.25) is 4.98 Å². The first-order chi connectivity index (χ1) is 7.76. The van der Waals surface area contributed by atoms with Crippen LogP contribution in [0, 0.1) is 0 Å². The molecule has 0 amide bonds. The fraction of sp³-hybridized carbons (Fsp3) is 0.615. The van der Waals surface area contributed by atoms with Gasteiger partial charge in [0.2, 0.25) is 0 Å². The summed E-state index contributed by atoms with van der Waals surface area (Å²) in [5, 5.41) is 16.6. The highest BCUT2D eigenvalue weighted by Crippen LogP contribution is 2.26. The molecule has 0 unspecified atom stereocenters. The quantitative estimate of drug-likeness (QED) is 0.736. The van der Waals surface area contributed by atoms with E-state index < -0.39 is 11.1 Å². The third-order valence-corrected chi connectivity index (χ3v) is 3.11. The molecule has 0 atom stereocenters. The lowest BCUT2D eigenvalue weighted by molar-refractivity contribution is 0.0240. The van der Waals surface area contributed by atoms with Crippen LogP contribution in [0.4, 0.5) is 11.4 Å². The number of hydrogen-bond acceptors (Lipinski definition) is 4. The second-order valence-corrected chi connectivity index (χ2v) is 5.30. The van der Waals surface area contributed by atoms with Gasteiger partial charge in [0.25, 0.3) is 0 Å². The van der Waals surface area contributed by atoms with Crippen LogP contribution in [0.1, 0.15) is 34.6 Å². The number of anilines is 2. The normalized spacial score (nSPS) is 12.4. The predicted octanol–water partition coefficient (Wildman–Crippen LogP) is 2.47. The Balaban J connectivity index is 2.84. The summed E-state index contributed by atoms with van der Waals surface area (Å²) >= 11 is 0. The van der Waals surface area contributed by atoms with Crippen LogP contribution in [-0.2, 0) is 0 Å². The van der Waals surface area contributed by atoms with E-state index in [1.807, 2.05) is 26.8 Å². The minimum Gasteiger partial charge on any atom is -0.388 e. The minimum absolute atomic E-state index is 0.431. The van der Waals surface area contributed by atoms with Gasteiger partial charge in [-0.15, -0.1) is 0 Å². The summed E-state index contributed by atoms with van der Waals surface area (Å²) in [5.74, 6) is 0. The number of hydrogen-bond donors (Lipinski definition) is 3. The number of aliphatic hydroxyl groups is 1. The van der Waals surface area contributed by atoms with Crippen molar-refractivity contribution in [3.63, 3.8) is 0 Å². The summed E-state index contributed by atoms with van der Waals surface area (Å²) < 4.78 is 0. The molecule has 3 N–H and O–H groups in total. The van der Waals surface area contributed by atoms with Gasteiger partial charge in [0, 0.05) is 6.54 Å². The topological polar surface area (TPSA) is 57.2 Å². The first-order valence-electron chi connectivity index (χ1n) is 5.96. The van der Waals surface area contributed by atoms with Crippen molar-refractivity contribution in [2.24, 2.45) is 0 Å². The molecule has 0 aromatic carbocycles. The van der Waals surface area contributed by atoms with Gasteiger partial charge in [0.1, 0.15) is 0 Å². The van der Waals surface area contributed by atoms with E-state index in [0.717, 1.165) is 17.9 Å². The lowest BCUT2D eigenvalue weighted by Crippen LogP contribution is -2.51. The van der Waals surface area contributed by atoms with Gasteiger partial charge in [0.15, 0.2) is 0 Å². The van der Waals surface area contributed by atoms with Crippen molar-refractivity contribution >= 4 is 11.4 Å². The Hall–Kier alpha value is -1.29. The second kappa shape index (κ2) is 4.92. The van der Waals surface area contributed by atoms with E-state index in [4.69, 9.17) is 0 Å². The fourth-order valence-electron chi connectivity index (χ4n) is 1.32. The largest absolute Gasteiger partial charge is 0.388 e. The third kappa shape index (κ3) is 3.60. The molecule has 4 nitrogen and oxygen atoms in total. The molecule has 96 valence electrons. The van der Waals surface area contributed by atoms with Crippen molar-refractivity contribution in [3.05, 3.63) is 18.5 Å². The highest BCUT2D eigenvalue weighted by atomic mass is 16.3. The van der Waals surface area contributed by atoms with Crippen LogP contribution < -0.4 is 10.6 Å². The maximum Gasteiger partial charge on any atom is 0.0814 e. The Morgan fingerprint density at radius 1 is 1.18 bits per heavy atom. The van der Waals surface area contributed by atoms with Crippen molar-refractivity contribution < 1.29 is 5.11 Å². The fourth-order valence-corrected chi connectivity index (χ4v) is 1.32. The van der Waals surface area contributed by atoms with Crippen LogP contribution in [0.5, 0.6) is 0 Å². The van der Waals surface area contributed by atoms with E-state index in [9.17, 15) is 5.11 Å². The number of aromatic nitrogens is 1. The van der Waals surface area contributed by atoms with E-state index in [1.165, 1.54) is 0 Å². The molecule has 0 spiro atoms. The zero-order valence-electron chi connectivity index (χ0n) is 11.3. The van der Waals surface area contributed by atoms with E-state index in [2.05, 4.69) is 15.6 Å². The lowest BCUT2D eigenvalue weighted by Gasteiger charge is -2.38. The van der Waals surface area contributed by atoms with E-state index >= 15 is 0 Å². The van der Waals surface area contributed by atoms with Crippen molar-refractivity contribution in [1.29, 1.82) is 0 Å². The van der Waals surface area contributed by atoms with Gasteiger partial charge in [-0.05, 0) is 40.7 Å². The van der Waals surface area contributed by atoms with E-state index in [0.29, 0.717) is 0 Å². The highest BCUT2D eigenvalue weighted by molar-refractivity contribution is 5.55. The van der Waals surface area contributed by atoms with Crippen molar-refractivity contribution in [3.8, 4) is 0 Å². The average molecular weight is 237 g/mol. The summed E-state index contributed by atoms with van der Waals surface area (Å²) in [6.45, 7) is 10.4. The Morgan fingerprint density at radius 2 is 1.76 bits per heavy atom. The van der Waals surface area contributed by atoms with Gasteiger partial charge < -0.3 is 15.7 Å². The Labute approximate surface area is 103 Å². The van der Waals surface area contributed by atoms with Crippen LogP contribution in [0.15, 0.2) is 18.5 Å². The van der Waals surface area contributed by atoms with E-state index in [-0.39, 0.29) is 0 Å². The maximum absolute atomic E-state index is 10.1. The molecular weight excluding hydrogens is 214 g/mol. The van der Waals surface area contributed by atoms with Crippen LogP contribution >= 0.6 is 0 Å². The second-order valence-electron chi connectivity index (χ2n) is 5.30. The molecule has 0 saturated carbocycles. The molecule has 1 heterocycles. The average Bonchev–Trinajstić information content (AvgIpc) is 2.16. The van der Waals surface area contributed by atoms with Gasteiger partial charge in [-0.25, -0.2) is 0 Å². The predicted molar refractivity (Wildman–Crippen MR) is 72.4 cm³/mol. The SMILES string of the molecule is CCNc1cncc(NC(C)(C)C(C)(C)O)c1. The van der Waals surface area contributed by atoms with Gasteiger partial charge in [-0.1, -0.05) is 0 Å². The molecule has 1 rings (SSSR count). The molecule has 0 bridgehead atoms. The van der Waals surface area contributed by atoms with Crippen LogP contribution in [0.25, 0.3) is 0 Å². The molecule has 0 saturated heterocycles. The molecular formula is C13H23N3O. The van der Waals surface area contributed by atoms with Crippen LogP contribution in [0.2, 0.25) is 0 Å². The molecule has 0 aliphatic carbocycles. The monoisotopic (exact) mass is 237 g/mol. The molecule has 0 fully saturated rings. The smallest absolute Gasteiger partial charge is 0.0814 e. The number of pyridine rings is 1. The van der Waals surface area contributed by atoms with Crippen molar-refractivity contribution in [2.75, 3.05) is 17.2 Å². The lowest BCUT2D eigenvalue weighted by atomic mass is 9.86. The molecule has 0 aliphatic heterocycles. The van der Waals surface area contributed by atoms with Gasteiger partial charge in [-0.2, -0.15) is 0 Å². The van der Waals surface area contributed by atoms with Crippen LogP contribution in [0.3, 0.4) is 0 Å². The summed E-state index contributed by atoms with van der Waals surface area (Å²) in [4.78, 5) is 4.16. The zero-order chi connectivity index (χ0) is 13.1. The number of nitrogens with zero attached hydrogens (tertiary/aromatic N) is 1. The first kappa shape index (κ1) is 13.8. The summed E-state index contributed by atoms with van der Waals surface area (Å²) in [6, 6.07) is 1.99. The number of rotatable bonds is 5. The van der Waals surface area contributed by atoms with Gasteiger partial charge >= 0.3 is 0 Å². The van der Waals surface area contributed by atoms with Crippen LogP contribution in [-0.4, -0.2) is 27.8 Å². The van der Waals surface area contributed by atoms with Crippen molar-refractivity contribution in [1.82, 2.24) is 4.98 Å². The standard InChI is InChI=1S/C13H23N3O/c1-6-15-10-7-11(9-14-8-10)16-12(2,3)13(4,5)17/h7-9,15-17H,6H2,1-5H3. The molecule has 0 aliphatic rings. The summed E-state index contributed by atoms with van der Waals surface area (Å²) in [5.41, 5.74) is 0.625. The minimum atomic E-state index is -0.818. The molecule has 0 radical (unpaired) electrons. The molecule has 17 heavy (non-hydrogen) atoms. The zero-order valence-corrected chi connectivity index (χ0v) is 11.3. The Morgan fingerprint density at radius 3 is 2.29 bits per heavy atom.